The quantitative estimate of drug-likeness (QED) is 0.738. The van der Waals surface area contributed by atoms with Crippen molar-refractivity contribution >= 4 is 17.2 Å². The highest BCUT2D eigenvalue weighted by atomic mass is 16.1. The van der Waals surface area contributed by atoms with Gasteiger partial charge in [0.05, 0.1) is 0 Å². The summed E-state index contributed by atoms with van der Waals surface area (Å²) < 4.78 is 2.22. The summed E-state index contributed by atoms with van der Waals surface area (Å²) in [5.41, 5.74) is 5.15. The molecule has 2 nitrogen and oxygen atoms in total. The van der Waals surface area contributed by atoms with Crippen molar-refractivity contribution in [3.05, 3.63) is 35.0 Å². The molecule has 90 valence electrons. The van der Waals surface area contributed by atoms with Crippen molar-refractivity contribution in [2.75, 3.05) is 0 Å². The Morgan fingerprint density at radius 2 is 2.06 bits per heavy atom. The van der Waals surface area contributed by atoms with Crippen molar-refractivity contribution in [1.82, 2.24) is 4.57 Å². The summed E-state index contributed by atoms with van der Waals surface area (Å²) in [4.78, 5) is 10.6. The Kier molecular flexibility index (Phi) is 3.05. The van der Waals surface area contributed by atoms with E-state index in [9.17, 15) is 4.79 Å². The first-order valence-electron chi connectivity index (χ1n) is 6.05. The molecule has 1 aromatic heterocycles. The van der Waals surface area contributed by atoms with Gasteiger partial charge in [-0.1, -0.05) is 19.1 Å². The molecule has 0 aliphatic heterocycles. The van der Waals surface area contributed by atoms with Gasteiger partial charge in [0, 0.05) is 30.1 Å². The third kappa shape index (κ3) is 1.88. The number of aryl methyl sites for hydroxylation is 2. The zero-order valence-corrected chi connectivity index (χ0v) is 10.9. The van der Waals surface area contributed by atoms with E-state index in [1.165, 1.54) is 27.7 Å². The molecule has 0 saturated heterocycles. The standard InChI is InChI=1S/C15H19NO/c1-10(7-8-17)13-5-6-14-11(2)12(3)16(4)15(14)9-13/h5-6,8-10H,7H2,1-4H3. The summed E-state index contributed by atoms with van der Waals surface area (Å²) in [6.07, 6.45) is 1.59. The fraction of sp³-hybridized carbons (Fsp3) is 0.400. The summed E-state index contributed by atoms with van der Waals surface area (Å²) in [6.45, 7) is 6.40. The Labute approximate surface area is 102 Å². The molecular formula is C15H19NO. The van der Waals surface area contributed by atoms with Gasteiger partial charge in [0.1, 0.15) is 6.29 Å². The Morgan fingerprint density at radius 1 is 1.35 bits per heavy atom. The Hall–Kier alpha value is -1.57. The highest BCUT2D eigenvalue weighted by molar-refractivity contribution is 5.86. The average Bonchev–Trinajstić information content (AvgIpc) is 2.55. The first kappa shape index (κ1) is 11.9. The summed E-state index contributed by atoms with van der Waals surface area (Å²) >= 11 is 0. The zero-order chi connectivity index (χ0) is 12.6. The maximum Gasteiger partial charge on any atom is 0.120 e. The molecule has 1 atom stereocenters. The maximum absolute atomic E-state index is 10.6. The third-order valence-electron chi connectivity index (χ3n) is 3.85. The van der Waals surface area contributed by atoms with Crippen LogP contribution in [-0.2, 0) is 11.8 Å². The van der Waals surface area contributed by atoms with Crippen LogP contribution in [0, 0.1) is 13.8 Å². The molecule has 1 aromatic carbocycles. The number of nitrogens with zero attached hydrogens (tertiary/aromatic N) is 1. The number of carbonyl (C=O) groups excluding carboxylic acids is 1. The van der Waals surface area contributed by atoms with Gasteiger partial charge in [-0.15, -0.1) is 0 Å². The predicted molar refractivity (Wildman–Crippen MR) is 71.5 cm³/mol. The largest absolute Gasteiger partial charge is 0.348 e. The van der Waals surface area contributed by atoms with Crippen LogP contribution in [0.25, 0.3) is 10.9 Å². The molecule has 0 aliphatic carbocycles. The number of rotatable bonds is 3. The fourth-order valence-electron chi connectivity index (χ4n) is 2.36. The minimum Gasteiger partial charge on any atom is -0.348 e. The predicted octanol–water partition coefficient (Wildman–Crippen LogP) is 3.49. The van der Waals surface area contributed by atoms with Crippen LogP contribution in [0.4, 0.5) is 0 Å². The molecular weight excluding hydrogens is 210 g/mol. The van der Waals surface area contributed by atoms with Gasteiger partial charge < -0.3 is 9.36 Å². The van der Waals surface area contributed by atoms with E-state index in [-0.39, 0.29) is 0 Å². The third-order valence-corrected chi connectivity index (χ3v) is 3.85. The maximum atomic E-state index is 10.6. The van der Waals surface area contributed by atoms with E-state index in [0.29, 0.717) is 12.3 Å². The lowest BCUT2D eigenvalue weighted by Crippen LogP contribution is -1.95. The van der Waals surface area contributed by atoms with E-state index in [1.807, 2.05) is 0 Å². The van der Waals surface area contributed by atoms with E-state index in [1.54, 1.807) is 0 Å². The zero-order valence-electron chi connectivity index (χ0n) is 10.9. The second kappa shape index (κ2) is 4.36. The molecule has 0 spiro atoms. The van der Waals surface area contributed by atoms with Crippen molar-refractivity contribution in [3.8, 4) is 0 Å². The summed E-state index contributed by atoms with van der Waals surface area (Å²) in [7, 11) is 2.10. The molecule has 0 amide bonds. The van der Waals surface area contributed by atoms with Crippen LogP contribution in [0.2, 0.25) is 0 Å². The monoisotopic (exact) mass is 229 g/mol. The number of hydrogen-bond acceptors (Lipinski definition) is 1. The fourth-order valence-corrected chi connectivity index (χ4v) is 2.36. The van der Waals surface area contributed by atoms with Crippen LogP contribution in [0.15, 0.2) is 18.2 Å². The van der Waals surface area contributed by atoms with Crippen LogP contribution in [0.5, 0.6) is 0 Å². The van der Waals surface area contributed by atoms with Gasteiger partial charge in [-0.2, -0.15) is 0 Å². The molecule has 0 bridgehead atoms. The molecule has 1 unspecified atom stereocenters. The van der Waals surface area contributed by atoms with Gasteiger partial charge in [-0.05, 0) is 37.0 Å². The second-order valence-corrected chi connectivity index (χ2v) is 4.85. The van der Waals surface area contributed by atoms with E-state index in [0.717, 1.165) is 6.29 Å². The lowest BCUT2D eigenvalue weighted by atomic mass is 9.97. The van der Waals surface area contributed by atoms with E-state index >= 15 is 0 Å². The van der Waals surface area contributed by atoms with Crippen LogP contribution < -0.4 is 0 Å². The Bertz CT molecular complexity index is 566. The molecule has 0 radical (unpaired) electrons. The van der Waals surface area contributed by atoms with Gasteiger partial charge in [0.15, 0.2) is 0 Å². The van der Waals surface area contributed by atoms with Crippen LogP contribution in [-0.4, -0.2) is 10.9 Å². The number of aromatic nitrogens is 1. The van der Waals surface area contributed by atoms with Crippen molar-refractivity contribution in [1.29, 1.82) is 0 Å². The van der Waals surface area contributed by atoms with E-state index in [4.69, 9.17) is 0 Å². The van der Waals surface area contributed by atoms with Gasteiger partial charge in [0.25, 0.3) is 0 Å². The topological polar surface area (TPSA) is 22.0 Å². The molecule has 0 aliphatic rings. The number of benzene rings is 1. The summed E-state index contributed by atoms with van der Waals surface area (Å²) in [6, 6.07) is 6.53. The van der Waals surface area contributed by atoms with Crippen molar-refractivity contribution in [3.63, 3.8) is 0 Å². The van der Waals surface area contributed by atoms with Crippen LogP contribution in [0.1, 0.15) is 36.1 Å². The molecule has 0 saturated carbocycles. The minimum atomic E-state index is 0.299. The van der Waals surface area contributed by atoms with Gasteiger partial charge in [-0.25, -0.2) is 0 Å². The lowest BCUT2D eigenvalue weighted by Gasteiger charge is -2.09. The summed E-state index contributed by atoms with van der Waals surface area (Å²) in [5, 5.41) is 1.31. The number of carbonyl (C=O) groups is 1. The molecule has 0 fully saturated rings. The van der Waals surface area contributed by atoms with Crippen molar-refractivity contribution in [2.24, 2.45) is 7.05 Å². The molecule has 2 rings (SSSR count). The van der Waals surface area contributed by atoms with E-state index in [2.05, 4.69) is 50.6 Å². The average molecular weight is 229 g/mol. The van der Waals surface area contributed by atoms with Crippen molar-refractivity contribution < 1.29 is 4.79 Å². The molecule has 0 N–H and O–H groups in total. The SMILES string of the molecule is Cc1c(C)n(C)c2cc(C(C)CC=O)ccc12. The van der Waals surface area contributed by atoms with Gasteiger partial charge in [0.2, 0.25) is 0 Å². The molecule has 2 aromatic rings. The Balaban J connectivity index is 2.57. The highest BCUT2D eigenvalue weighted by Gasteiger charge is 2.11. The van der Waals surface area contributed by atoms with E-state index < -0.39 is 0 Å². The van der Waals surface area contributed by atoms with Crippen LogP contribution in [0.3, 0.4) is 0 Å². The molecule has 2 heteroatoms. The van der Waals surface area contributed by atoms with Gasteiger partial charge >= 0.3 is 0 Å². The summed E-state index contributed by atoms with van der Waals surface area (Å²) in [5.74, 6) is 0.299. The second-order valence-electron chi connectivity index (χ2n) is 4.85. The first-order valence-corrected chi connectivity index (χ1v) is 6.05. The molecule has 1 heterocycles. The highest BCUT2D eigenvalue weighted by Crippen LogP contribution is 2.28. The minimum absolute atomic E-state index is 0.299. The normalized spacial score (nSPS) is 12.9. The first-order chi connectivity index (χ1) is 8.06. The number of hydrogen-bond donors (Lipinski definition) is 0. The Morgan fingerprint density at radius 3 is 2.71 bits per heavy atom. The van der Waals surface area contributed by atoms with Gasteiger partial charge in [-0.3, -0.25) is 0 Å². The lowest BCUT2D eigenvalue weighted by molar-refractivity contribution is -0.108. The number of aldehydes is 1. The van der Waals surface area contributed by atoms with Crippen molar-refractivity contribution in [2.45, 2.75) is 33.1 Å². The molecule has 17 heavy (non-hydrogen) atoms. The smallest absolute Gasteiger partial charge is 0.120 e. The number of fused-ring (bicyclic) bond motifs is 1. The van der Waals surface area contributed by atoms with Crippen LogP contribution >= 0.6 is 0 Å².